The van der Waals surface area contributed by atoms with Gasteiger partial charge in [0.1, 0.15) is 17.9 Å². The molecule has 0 N–H and O–H groups in total. The first-order valence-electron chi connectivity index (χ1n) is 12.1. The van der Waals surface area contributed by atoms with Gasteiger partial charge >= 0.3 is 5.63 Å². The standard InChI is InChI=1S/C28H33NO6/c1-6-18(7-2)28(31)29-11-10-19-13-25(32-4)26(33-5)15-22(19)23(29)16-34-20-8-9-21-17(3)12-27(30)35-24(21)14-20/h8-9,12-15,18,23H,6-7,10-11,16H2,1-5H3/t23-/m0/s1. The molecule has 1 aromatic heterocycles. The molecule has 0 spiro atoms. The summed E-state index contributed by atoms with van der Waals surface area (Å²) in [6, 6.07) is 10.6. The van der Waals surface area contributed by atoms with Crippen LogP contribution in [0.2, 0.25) is 0 Å². The summed E-state index contributed by atoms with van der Waals surface area (Å²) in [5.74, 6) is 1.98. The monoisotopic (exact) mass is 479 g/mol. The van der Waals surface area contributed by atoms with Gasteiger partial charge in [-0.15, -0.1) is 0 Å². The maximum absolute atomic E-state index is 13.5. The van der Waals surface area contributed by atoms with E-state index in [1.165, 1.54) is 6.07 Å². The van der Waals surface area contributed by atoms with Crippen LogP contribution in [-0.2, 0) is 11.2 Å². The summed E-state index contributed by atoms with van der Waals surface area (Å²) >= 11 is 0. The molecule has 7 nitrogen and oxygen atoms in total. The maximum atomic E-state index is 13.5. The molecule has 0 bridgehead atoms. The second-order valence-electron chi connectivity index (χ2n) is 8.93. The predicted molar refractivity (Wildman–Crippen MR) is 134 cm³/mol. The zero-order valence-corrected chi connectivity index (χ0v) is 21.1. The molecule has 35 heavy (non-hydrogen) atoms. The van der Waals surface area contributed by atoms with E-state index in [2.05, 4.69) is 0 Å². The van der Waals surface area contributed by atoms with E-state index in [1.54, 1.807) is 20.3 Å². The predicted octanol–water partition coefficient (Wildman–Crippen LogP) is 5.06. The Bertz CT molecular complexity index is 1280. The molecule has 1 atom stereocenters. The number of carbonyl (C=O) groups is 1. The van der Waals surface area contributed by atoms with E-state index >= 15 is 0 Å². The highest BCUT2D eigenvalue weighted by Crippen LogP contribution is 2.39. The van der Waals surface area contributed by atoms with Crippen LogP contribution in [0.3, 0.4) is 0 Å². The number of carbonyl (C=O) groups excluding carboxylic acids is 1. The fourth-order valence-electron chi connectivity index (χ4n) is 4.91. The first kappa shape index (κ1) is 24.6. The number of methoxy groups -OCH3 is 2. The van der Waals surface area contributed by atoms with Crippen molar-refractivity contribution in [1.82, 2.24) is 4.90 Å². The van der Waals surface area contributed by atoms with E-state index in [0.717, 1.165) is 41.3 Å². The Morgan fingerprint density at radius 3 is 2.49 bits per heavy atom. The normalized spacial score (nSPS) is 15.3. The number of amides is 1. The molecule has 2 aromatic carbocycles. The second-order valence-corrected chi connectivity index (χ2v) is 8.93. The third-order valence-corrected chi connectivity index (χ3v) is 6.95. The number of fused-ring (bicyclic) bond motifs is 2. The number of rotatable bonds is 8. The van der Waals surface area contributed by atoms with Crippen LogP contribution >= 0.6 is 0 Å². The average Bonchev–Trinajstić information content (AvgIpc) is 2.86. The van der Waals surface area contributed by atoms with Gasteiger partial charge in [-0.1, -0.05) is 13.8 Å². The third-order valence-electron chi connectivity index (χ3n) is 6.95. The summed E-state index contributed by atoms with van der Waals surface area (Å²) < 4.78 is 22.7. The highest BCUT2D eigenvalue weighted by atomic mass is 16.5. The Kier molecular flexibility index (Phi) is 7.34. The van der Waals surface area contributed by atoms with Crippen molar-refractivity contribution in [3.05, 3.63) is 63.5 Å². The van der Waals surface area contributed by atoms with E-state index < -0.39 is 5.63 Å². The van der Waals surface area contributed by atoms with Gasteiger partial charge in [-0.3, -0.25) is 4.79 Å². The molecule has 0 fully saturated rings. The van der Waals surface area contributed by atoms with Crippen molar-refractivity contribution < 1.29 is 23.4 Å². The van der Waals surface area contributed by atoms with Crippen LogP contribution in [-0.4, -0.2) is 38.2 Å². The fraction of sp³-hybridized carbons (Fsp3) is 0.429. The van der Waals surface area contributed by atoms with Crippen LogP contribution in [0.1, 0.15) is 49.4 Å². The molecule has 7 heteroatoms. The van der Waals surface area contributed by atoms with Crippen molar-refractivity contribution in [3.63, 3.8) is 0 Å². The topological polar surface area (TPSA) is 78.2 Å². The van der Waals surface area contributed by atoms with Gasteiger partial charge in [-0.05, 0) is 67.1 Å². The molecule has 0 radical (unpaired) electrons. The quantitative estimate of drug-likeness (QED) is 0.420. The van der Waals surface area contributed by atoms with E-state index in [-0.39, 0.29) is 24.5 Å². The summed E-state index contributed by atoms with van der Waals surface area (Å²) in [4.78, 5) is 27.3. The minimum absolute atomic E-state index is 0.0305. The van der Waals surface area contributed by atoms with Gasteiger partial charge in [-0.2, -0.15) is 0 Å². The summed E-state index contributed by atoms with van der Waals surface area (Å²) in [5, 5.41) is 0.863. The van der Waals surface area contributed by atoms with Crippen molar-refractivity contribution in [1.29, 1.82) is 0 Å². The average molecular weight is 480 g/mol. The van der Waals surface area contributed by atoms with Crippen molar-refractivity contribution in [2.45, 2.75) is 46.1 Å². The summed E-state index contributed by atoms with van der Waals surface area (Å²) in [5.41, 5.74) is 3.05. The Morgan fingerprint density at radius 2 is 1.80 bits per heavy atom. The molecule has 0 aliphatic carbocycles. The van der Waals surface area contributed by atoms with Crippen molar-refractivity contribution in [3.8, 4) is 17.2 Å². The molecule has 186 valence electrons. The molecule has 1 aliphatic rings. The lowest BCUT2D eigenvalue weighted by Gasteiger charge is -2.39. The number of benzene rings is 2. The number of hydrogen-bond acceptors (Lipinski definition) is 6. The SMILES string of the molecule is CCC(CC)C(=O)N1CCc2cc(OC)c(OC)cc2[C@@H]1COc1ccc2c(C)cc(=O)oc2c1. The number of aryl methyl sites for hydroxylation is 1. The van der Waals surface area contributed by atoms with Gasteiger partial charge in [0, 0.05) is 30.0 Å². The van der Waals surface area contributed by atoms with Gasteiger partial charge in [0.2, 0.25) is 5.91 Å². The van der Waals surface area contributed by atoms with Crippen molar-refractivity contribution in [2.24, 2.45) is 5.92 Å². The lowest BCUT2D eigenvalue weighted by molar-refractivity contribution is -0.139. The largest absolute Gasteiger partial charge is 0.493 e. The highest BCUT2D eigenvalue weighted by molar-refractivity contribution is 5.81. The first-order valence-corrected chi connectivity index (χ1v) is 12.1. The Balaban J connectivity index is 1.70. The second kappa shape index (κ2) is 10.4. The number of ether oxygens (including phenoxy) is 3. The van der Waals surface area contributed by atoms with Crippen molar-refractivity contribution >= 4 is 16.9 Å². The minimum Gasteiger partial charge on any atom is -0.493 e. The van der Waals surface area contributed by atoms with Gasteiger partial charge in [0.25, 0.3) is 0 Å². The van der Waals surface area contributed by atoms with Crippen LogP contribution in [0.4, 0.5) is 0 Å². The highest BCUT2D eigenvalue weighted by Gasteiger charge is 2.35. The van der Waals surface area contributed by atoms with Crippen LogP contribution in [0.15, 0.2) is 45.6 Å². The zero-order valence-electron chi connectivity index (χ0n) is 21.1. The van der Waals surface area contributed by atoms with Gasteiger partial charge in [0.15, 0.2) is 11.5 Å². The molecule has 1 aliphatic heterocycles. The molecule has 0 saturated carbocycles. The minimum atomic E-state index is -0.392. The molecule has 4 rings (SSSR count). The van der Waals surface area contributed by atoms with E-state index in [9.17, 15) is 9.59 Å². The smallest absolute Gasteiger partial charge is 0.336 e. The summed E-state index contributed by atoms with van der Waals surface area (Å²) in [6.45, 7) is 6.84. The molecule has 3 aromatic rings. The van der Waals surface area contributed by atoms with Gasteiger partial charge in [0.05, 0.1) is 20.3 Å². The Labute approximate surface area is 205 Å². The summed E-state index contributed by atoms with van der Waals surface area (Å²) in [7, 11) is 3.23. The van der Waals surface area contributed by atoms with E-state index in [1.807, 2.05) is 49.9 Å². The first-order chi connectivity index (χ1) is 16.9. The van der Waals surface area contributed by atoms with Crippen LogP contribution in [0.25, 0.3) is 11.0 Å². The Morgan fingerprint density at radius 1 is 1.09 bits per heavy atom. The molecule has 2 heterocycles. The van der Waals surface area contributed by atoms with Crippen LogP contribution in [0.5, 0.6) is 17.2 Å². The molecule has 1 amide bonds. The molecular weight excluding hydrogens is 446 g/mol. The fourth-order valence-corrected chi connectivity index (χ4v) is 4.91. The molecule has 0 unspecified atom stereocenters. The zero-order chi connectivity index (χ0) is 25.1. The molecule has 0 saturated heterocycles. The maximum Gasteiger partial charge on any atom is 0.336 e. The third kappa shape index (κ3) is 4.85. The van der Waals surface area contributed by atoms with Crippen LogP contribution in [0, 0.1) is 12.8 Å². The van der Waals surface area contributed by atoms with Crippen LogP contribution < -0.4 is 19.8 Å². The number of hydrogen-bond donors (Lipinski definition) is 0. The number of nitrogens with zero attached hydrogens (tertiary/aromatic N) is 1. The summed E-state index contributed by atoms with van der Waals surface area (Å²) in [6.07, 6.45) is 2.32. The van der Waals surface area contributed by atoms with E-state index in [4.69, 9.17) is 18.6 Å². The van der Waals surface area contributed by atoms with Gasteiger partial charge < -0.3 is 23.5 Å². The Hall–Kier alpha value is -3.48. The van der Waals surface area contributed by atoms with Crippen molar-refractivity contribution in [2.75, 3.05) is 27.4 Å². The lowest BCUT2D eigenvalue weighted by Crippen LogP contribution is -2.45. The van der Waals surface area contributed by atoms with E-state index in [0.29, 0.717) is 29.4 Å². The molecular formula is C28H33NO6. The van der Waals surface area contributed by atoms with Gasteiger partial charge in [-0.25, -0.2) is 4.79 Å². The lowest BCUT2D eigenvalue weighted by atomic mass is 9.90.